The molecule has 0 atom stereocenters. The molecule has 25 heavy (non-hydrogen) atoms. The second kappa shape index (κ2) is 9.10. The van der Waals surface area contributed by atoms with Crippen LogP contribution < -0.4 is 4.74 Å². The van der Waals surface area contributed by atoms with Crippen LogP contribution in [0.5, 0.6) is 11.5 Å². The predicted octanol–water partition coefficient (Wildman–Crippen LogP) is 6.32. The first-order chi connectivity index (χ1) is 12.3. The van der Waals surface area contributed by atoms with Crippen molar-refractivity contribution in [1.82, 2.24) is 0 Å². The molecule has 0 unspecified atom stereocenters. The van der Waals surface area contributed by atoms with E-state index in [0.717, 1.165) is 30.5 Å². The third-order valence-corrected chi connectivity index (χ3v) is 5.22. The highest BCUT2D eigenvalue weighted by molar-refractivity contribution is 9.09. The molecule has 132 valence electrons. The van der Waals surface area contributed by atoms with Crippen molar-refractivity contribution < 1.29 is 9.84 Å². The van der Waals surface area contributed by atoms with E-state index in [4.69, 9.17) is 4.74 Å². The van der Waals surface area contributed by atoms with E-state index in [2.05, 4.69) is 40.2 Å². The summed E-state index contributed by atoms with van der Waals surface area (Å²) in [7, 11) is 0. The lowest BCUT2D eigenvalue weighted by atomic mass is 9.92. The molecule has 1 aliphatic carbocycles. The van der Waals surface area contributed by atoms with Gasteiger partial charge in [0.25, 0.3) is 0 Å². The maximum Gasteiger partial charge on any atom is 0.119 e. The molecule has 0 aromatic heterocycles. The van der Waals surface area contributed by atoms with Gasteiger partial charge in [0.2, 0.25) is 0 Å². The molecule has 0 bridgehead atoms. The summed E-state index contributed by atoms with van der Waals surface area (Å²) in [6.07, 6.45) is 7.07. The summed E-state index contributed by atoms with van der Waals surface area (Å²) >= 11 is 3.44. The fraction of sp³-hybridized carbons (Fsp3) is 0.364. The molecule has 1 N–H and O–H groups in total. The molecule has 1 fully saturated rings. The van der Waals surface area contributed by atoms with Gasteiger partial charge >= 0.3 is 0 Å². The van der Waals surface area contributed by atoms with Crippen LogP contribution in [0, 0.1) is 0 Å². The first-order valence-electron chi connectivity index (χ1n) is 9.08. The molecule has 0 heterocycles. The number of halogens is 1. The highest BCUT2D eigenvalue weighted by Gasteiger charge is 2.16. The largest absolute Gasteiger partial charge is 0.508 e. The third kappa shape index (κ3) is 4.88. The molecule has 1 aliphatic rings. The summed E-state index contributed by atoms with van der Waals surface area (Å²) in [5.74, 6) is 1.24. The topological polar surface area (TPSA) is 29.5 Å². The van der Waals surface area contributed by atoms with E-state index in [1.807, 2.05) is 12.1 Å². The Hall–Kier alpha value is -1.74. The van der Waals surface area contributed by atoms with E-state index in [9.17, 15) is 5.11 Å². The number of hydrogen-bond donors (Lipinski definition) is 1. The fourth-order valence-electron chi connectivity index (χ4n) is 3.36. The Morgan fingerprint density at radius 1 is 0.880 bits per heavy atom. The molecule has 3 heteroatoms. The van der Waals surface area contributed by atoms with Crippen LogP contribution >= 0.6 is 15.9 Å². The molecule has 2 aromatic carbocycles. The van der Waals surface area contributed by atoms with Crippen molar-refractivity contribution in [3.05, 3.63) is 65.2 Å². The van der Waals surface area contributed by atoms with Crippen molar-refractivity contribution in [3.63, 3.8) is 0 Å². The Balaban J connectivity index is 1.82. The number of phenols is 1. The van der Waals surface area contributed by atoms with Crippen LogP contribution in [0.1, 0.15) is 49.7 Å². The zero-order chi connectivity index (χ0) is 17.5. The van der Waals surface area contributed by atoms with Crippen molar-refractivity contribution in [3.8, 4) is 11.5 Å². The van der Waals surface area contributed by atoms with Gasteiger partial charge in [0.15, 0.2) is 0 Å². The lowest BCUT2D eigenvalue weighted by molar-refractivity contribution is 0.310. The first-order valence-corrected chi connectivity index (χ1v) is 10.2. The van der Waals surface area contributed by atoms with Crippen LogP contribution in [0.2, 0.25) is 0 Å². The van der Waals surface area contributed by atoms with Gasteiger partial charge in [-0.3, -0.25) is 0 Å². The number of phenolic OH excluding ortho intramolecular Hbond substituents is 1. The number of alkyl halides is 1. The van der Waals surface area contributed by atoms with Gasteiger partial charge < -0.3 is 9.84 Å². The summed E-state index contributed by atoms with van der Waals surface area (Å²) < 4.78 is 5.82. The van der Waals surface area contributed by atoms with Crippen LogP contribution in [0.4, 0.5) is 0 Å². The van der Waals surface area contributed by atoms with Crippen molar-refractivity contribution in [2.45, 2.75) is 38.5 Å². The lowest BCUT2D eigenvalue weighted by Gasteiger charge is -2.14. The summed E-state index contributed by atoms with van der Waals surface area (Å²) in [5.41, 5.74) is 5.26. The molecule has 0 radical (unpaired) electrons. The molecule has 0 aliphatic heterocycles. The average molecular weight is 401 g/mol. The number of allylic oxidation sites excluding steroid dienone is 1. The number of rotatable bonds is 7. The lowest BCUT2D eigenvalue weighted by Crippen LogP contribution is -1.98. The summed E-state index contributed by atoms with van der Waals surface area (Å²) in [6, 6.07) is 16.0. The van der Waals surface area contributed by atoms with E-state index in [-0.39, 0.29) is 0 Å². The van der Waals surface area contributed by atoms with Gasteiger partial charge in [-0.15, -0.1) is 0 Å². The van der Waals surface area contributed by atoms with Gasteiger partial charge in [-0.25, -0.2) is 0 Å². The van der Waals surface area contributed by atoms with Gasteiger partial charge in [0, 0.05) is 5.33 Å². The molecular weight excluding hydrogens is 376 g/mol. The summed E-state index contributed by atoms with van der Waals surface area (Å²) in [5, 5.41) is 10.6. The number of ether oxygens (including phenoxy) is 1. The van der Waals surface area contributed by atoms with Crippen LogP contribution in [0.15, 0.2) is 54.1 Å². The molecular formula is C22H25BrO2. The van der Waals surface area contributed by atoms with E-state index in [0.29, 0.717) is 5.75 Å². The fourth-order valence-corrected chi connectivity index (χ4v) is 3.76. The monoisotopic (exact) mass is 400 g/mol. The van der Waals surface area contributed by atoms with Gasteiger partial charge in [-0.05, 0) is 79.5 Å². The second-order valence-electron chi connectivity index (χ2n) is 6.50. The maximum absolute atomic E-state index is 9.60. The quantitative estimate of drug-likeness (QED) is 0.434. The predicted molar refractivity (Wildman–Crippen MR) is 108 cm³/mol. The number of benzene rings is 2. The van der Waals surface area contributed by atoms with Gasteiger partial charge in [-0.2, -0.15) is 0 Å². The average Bonchev–Trinajstić information content (AvgIpc) is 3.16. The summed E-state index contributed by atoms with van der Waals surface area (Å²) in [4.78, 5) is 0. The SMILES string of the molecule is Oc1ccc(C(=C2CCCC2)c2ccc(OCCCCBr)cc2)cc1. The minimum atomic E-state index is 0.312. The van der Waals surface area contributed by atoms with Crippen LogP contribution in [0.25, 0.3) is 5.57 Å². The second-order valence-corrected chi connectivity index (χ2v) is 7.29. The Morgan fingerprint density at radius 3 is 2.08 bits per heavy atom. The third-order valence-electron chi connectivity index (χ3n) is 4.66. The normalized spacial score (nSPS) is 13.9. The molecule has 1 saturated carbocycles. The van der Waals surface area contributed by atoms with Gasteiger partial charge in [0.05, 0.1) is 6.61 Å². The Labute approximate surface area is 158 Å². The number of aromatic hydroxyl groups is 1. The van der Waals surface area contributed by atoms with Crippen LogP contribution in [0.3, 0.4) is 0 Å². The first kappa shape index (κ1) is 18.1. The maximum atomic E-state index is 9.60. The van der Waals surface area contributed by atoms with Crippen LogP contribution in [-0.2, 0) is 0 Å². The van der Waals surface area contributed by atoms with E-state index in [1.165, 1.54) is 48.0 Å². The minimum absolute atomic E-state index is 0.312. The molecule has 0 saturated heterocycles. The molecule has 2 nitrogen and oxygen atoms in total. The molecule has 0 spiro atoms. The van der Waals surface area contributed by atoms with Gasteiger partial charge in [-0.1, -0.05) is 45.8 Å². The van der Waals surface area contributed by atoms with E-state index >= 15 is 0 Å². The Morgan fingerprint density at radius 2 is 1.48 bits per heavy atom. The smallest absolute Gasteiger partial charge is 0.119 e. The minimum Gasteiger partial charge on any atom is -0.508 e. The molecule has 2 aromatic rings. The summed E-state index contributed by atoms with van der Waals surface area (Å²) in [6.45, 7) is 0.761. The van der Waals surface area contributed by atoms with Crippen molar-refractivity contribution >= 4 is 21.5 Å². The highest BCUT2D eigenvalue weighted by Crippen LogP contribution is 2.36. The number of unbranched alkanes of at least 4 members (excludes halogenated alkanes) is 1. The standard InChI is InChI=1S/C22H25BrO2/c23-15-3-4-16-25-21-13-9-19(10-14-21)22(17-5-1-2-6-17)18-7-11-20(24)12-8-18/h7-14,24H,1-6,15-16H2. The van der Waals surface area contributed by atoms with Crippen molar-refractivity contribution in [1.29, 1.82) is 0 Å². The molecule has 3 rings (SSSR count). The van der Waals surface area contributed by atoms with Gasteiger partial charge in [0.1, 0.15) is 11.5 Å². The zero-order valence-electron chi connectivity index (χ0n) is 14.5. The van der Waals surface area contributed by atoms with Crippen molar-refractivity contribution in [2.75, 3.05) is 11.9 Å². The Bertz CT molecular complexity index is 694. The highest BCUT2D eigenvalue weighted by atomic mass is 79.9. The van der Waals surface area contributed by atoms with Crippen LogP contribution in [-0.4, -0.2) is 17.0 Å². The van der Waals surface area contributed by atoms with E-state index < -0.39 is 0 Å². The number of hydrogen-bond acceptors (Lipinski definition) is 2. The zero-order valence-corrected chi connectivity index (χ0v) is 16.1. The molecule has 0 amide bonds. The van der Waals surface area contributed by atoms with Crippen molar-refractivity contribution in [2.24, 2.45) is 0 Å². The Kier molecular flexibility index (Phi) is 6.57. The van der Waals surface area contributed by atoms with E-state index in [1.54, 1.807) is 12.1 Å².